The molecule has 1 N–H and O–H groups in total. The molecule has 140 valence electrons. The van der Waals surface area contributed by atoms with E-state index in [1.54, 1.807) is 30.1 Å². The van der Waals surface area contributed by atoms with Gasteiger partial charge in [-0.15, -0.1) is 11.8 Å². The molecular formula is C20H25NO4S. The largest absolute Gasteiger partial charge is 0.504 e. The van der Waals surface area contributed by atoms with Gasteiger partial charge in [0.25, 0.3) is 0 Å². The Morgan fingerprint density at radius 3 is 2.88 bits per heavy atom. The first-order chi connectivity index (χ1) is 12.7. The van der Waals surface area contributed by atoms with Crippen molar-refractivity contribution >= 4 is 23.9 Å². The zero-order chi connectivity index (χ0) is 18.5. The van der Waals surface area contributed by atoms with Crippen molar-refractivity contribution in [1.82, 2.24) is 0 Å². The molecule has 0 spiro atoms. The molecule has 26 heavy (non-hydrogen) atoms. The molecule has 0 unspecified atom stereocenters. The highest BCUT2D eigenvalue weighted by molar-refractivity contribution is 8.04. The van der Waals surface area contributed by atoms with E-state index < -0.39 is 0 Å². The van der Waals surface area contributed by atoms with Crippen molar-refractivity contribution in [1.29, 1.82) is 0 Å². The Bertz CT molecular complexity index is 729. The molecule has 3 rings (SSSR count). The predicted molar refractivity (Wildman–Crippen MR) is 104 cm³/mol. The van der Waals surface area contributed by atoms with Crippen LogP contribution in [0.2, 0.25) is 0 Å². The number of phenolic OH excluding ortho intramolecular Hbond substituents is 1. The number of nitrogens with zero attached hydrogens (tertiary/aromatic N) is 1. The minimum Gasteiger partial charge on any atom is -0.504 e. The zero-order valence-electron chi connectivity index (χ0n) is 15.2. The number of carbonyl (C=O) groups is 1. The molecule has 0 amide bonds. The van der Waals surface area contributed by atoms with E-state index in [1.165, 1.54) is 6.42 Å². The highest BCUT2D eigenvalue weighted by Gasteiger charge is 2.41. The van der Waals surface area contributed by atoms with Gasteiger partial charge in [-0.3, -0.25) is 0 Å². The van der Waals surface area contributed by atoms with Gasteiger partial charge >= 0.3 is 5.97 Å². The summed E-state index contributed by atoms with van der Waals surface area (Å²) < 4.78 is 10.7. The Morgan fingerprint density at radius 1 is 1.31 bits per heavy atom. The summed E-state index contributed by atoms with van der Waals surface area (Å²) >= 11 is 1.66. The van der Waals surface area contributed by atoms with Crippen LogP contribution in [0.1, 0.15) is 45.1 Å². The van der Waals surface area contributed by atoms with Crippen LogP contribution in [0.3, 0.4) is 0 Å². The summed E-state index contributed by atoms with van der Waals surface area (Å²) in [5.41, 5.74) is 1.28. The van der Waals surface area contributed by atoms with E-state index in [2.05, 4.69) is 4.99 Å². The highest BCUT2D eigenvalue weighted by Crippen LogP contribution is 2.49. The van der Waals surface area contributed by atoms with E-state index in [0.29, 0.717) is 35.3 Å². The van der Waals surface area contributed by atoms with Crippen LogP contribution < -0.4 is 4.74 Å². The van der Waals surface area contributed by atoms with Gasteiger partial charge in [0.15, 0.2) is 11.5 Å². The van der Waals surface area contributed by atoms with E-state index >= 15 is 0 Å². The smallest absolute Gasteiger partial charge is 0.337 e. The maximum absolute atomic E-state index is 12.5. The fourth-order valence-corrected chi connectivity index (χ4v) is 5.01. The Hall–Kier alpha value is -1.95. The van der Waals surface area contributed by atoms with Gasteiger partial charge in [-0.05, 0) is 38.8 Å². The Morgan fingerprint density at radius 2 is 2.12 bits per heavy atom. The quantitative estimate of drug-likeness (QED) is 0.593. The average molecular weight is 375 g/mol. The van der Waals surface area contributed by atoms with Crippen molar-refractivity contribution in [3.63, 3.8) is 0 Å². The number of benzene rings is 1. The lowest BCUT2D eigenvalue weighted by Crippen LogP contribution is -2.24. The number of rotatable bonds is 6. The van der Waals surface area contributed by atoms with Crippen LogP contribution in [-0.4, -0.2) is 35.8 Å². The summed E-state index contributed by atoms with van der Waals surface area (Å²) in [4.78, 5) is 17.1. The predicted octanol–water partition coefficient (Wildman–Crippen LogP) is 4.29. The number of aromatic hydroxyl groups is 1. The maximum Gasteiger partial charge on any atom is 0.337 e. The highest BCUT2D eigenvalue weighted by atomic mass is 32.2. The number of phenols is 1. The third kappa shape index (κ3) is 3.90. The number of aliphatic imine (C=N–C) groups is 1. The van der Waals surface area contributed by atoms with Crippen LogP contribution in [0.25, 0.3) is 0 Å². The van der Waals surface area contributed by atoms with Crippen molar-refractivity contribution in [3.8, 4) is 11.5 Å². The average Bonchev–Trinajstić information content (AvgIpc) is 3.01. The van der Waals surface area contributed by atoms with E-state index in [0.717, 1.165) is 24.3 Å². The fraction of sp³-hybridized carbons (Fsp3) is 0.500. The van der Waals surface area contributed by atoms with E-state index in [-0.39, 0.29) is 17.6 Å². The second-order valence-corrected chi connectivity index (χ2v) is 7.60. The summed E-state index contributed by atoms with van der Waals surface area (Å²) in [5, 5.41) is 11.5. The van der Waals surface area contributed by atoms with E-state index in [1.807, 2.05) is 19.9 Å². The van der Waals surface area contributed by atoms with Gasteiger partial charge in [0.2, 0.25) is 0 Å². The fourth-order valence-electron chi connectivity index (χ4n) is 3.52. The first-order valence-corrected chi connectivity index (χ1v) is 10.1. The minimum absolute atomic E-state index is 0.0665. The van der Waals surface area contributed by atoms with Crippen molar-refractivity contribution in [2.45, 2.75) is 44.8 Å². The number of hydrogen-bond donors (Lipinski definition) is 1. The summed E-state index contributed by atoms with van der Waals surface area (Å²) in [6, 6.07) is 5.31. The Kier molecular flexibility index (Phi) is 6.25. The van der Waals surface area contributed by atoms with Crippen LogP contribution in [0.4, 0.5) is 0 Å². The molecule has 1 saturated carbocycles. The molecule has 2 atom stereocenters. The van der Waals surface area contributed by atoms with Gasteiger partial charge in [0.05, 0.1) is 18.8 Å². The van der Waals surface area contributed by atoms with E-state index in [4.69, 9.17) is 9.47 Å². The number of ether oxygens (including phenoxy) is 2. The Labute approximate surface area is 158 Å². The molecule has 5 nitrogen and oxygen atoms in total. The number of esters is 1. The molecule has 1 aromatic rings. The molecule has 0 aromatic heterocycles. The lowest BCUT2D eigenvalue weighted by molar-refractivity contribution is -0.139. The lowest BCUT2D eigenvalue weighted by atomic mass is 9.84. The van der Waals surface area contributed by atoms with Gasteiger partial charge in [0, 0.05) is 22.9 Å². The molecule has 6 heteroatoms. The minimum atomic E-state index is -0.256. The first kappa shape index (κ1) is 18.8. The second-order valence-electron chi connectivity index (χ2n) is 6.37. The van der Waals surface area contributed by atoms with Crippen molar-refractivity contribution in [3.05, 3.63) is 34.4 Å². The summed E-state index contributed by atoms with van der Waals surface area (Å²) in [7, 11) is 0. The molecule has 1 fully saturated rings. The van der Waals surface area contributed by atoms with Crippen molar-refractivity contribution in [2.75, 3.05) is 13.2 Å². The monoisotopic (exact) mass is 375 g/mol. The zero-order valence-corrected chi connectivity index (χ0v) is 16.1. The summed E-state index contributed by atoms with van der Waals surface area (Å²) in [6.45, 7) is 4.52. The van der Waals surface area contributed by atoms with Gasteiger partial charge < -0.3 is 14.6 Å². The molecule has 0 saturated heterocycles. The molecule has 2 aliphatic rings. The topological polar surface area (TPSA) is 68.1 Å². The van der Waals surface area contributed by atoms with Gasteiger partial charge in [-0.25, -0.2) is 9.79 Å². The third-order valence-electron chi connectivity index (χ3n) is 4.71. The maximum atomic E-state index is 12.5. The van der Waals surface area contributed by atoms with Crippen LogP contribution in [0, 0.1) is 5.92 Å². The normalized spacial score (nSPS) is 22.5. The van der Waals surface area contributed by atoms with Crippen LogP contribution in [-0.2, 0) is 9.53 Å². The molecular weight excluding hydrogens is 350 g/mol. The summed E-state index contributed by atoms with van der Waals surface area (Å²) in [6.07, 6.45) is 6.05. The summed E-state index contributed by atoms with van der Waals surface area (Å²) in [5.74, 6) is 0.470. The van der Waals surface area contributed by atoms with Gasteiger partial charge in [-0.1, -0.05) is 18.9 Å². The number of hydrogen-bond acceptors (Lipinski definition) is 6. The number of carbonyl (C=O) groups excluding carboxylic acids is 1. The first-order valence-electron chi connectivity index (χ1n) is 9.22. The van der Waals surface area contributed by atoms with Crippen LogP contribution >= 0.6 is 11.8 Å². The lowest BCUT2D eigenvalue weighted by Gasteiger charge is -2.25. The standard InChI is InChI=1S/C20H25NO4S/c1-3-24-15-10-7-8-13(18(15)22)12-21-19-17(20(23)25-4-2)14-9-5-6-11-16(14)26-19/h7-8,10,12,14,16,22H,3-6,9,11H2,1-2H3/t14-,16+/m1/s1. The number of fused-ring (bicyclic) bond motifs is 1. The number of para-hydroxylation sites is 1. The Balaban J connectivity index is 1.90. The molecule has 0 radical (unpaired) electrons. The SMILES string of the molecule is CCOC(=O)C1=C(N=Cc2cccc(OCC)c2O)S[C@H]2CCCC[C@@H]12. The van der Waals surface area contributed by atoms with Gasteiger partial charge in [-0.2, -0.15) is 0 Å². The van der Waals surface area contributed by atoms with Crippen LogP contribution in [0.5, 0.6) is 11.5 Å². The van der Waals surface area contributed by atoms with Crippen LogP contribution in [0.15, 0.2) is 33.8 Å². The molecule has 0 bridgehead atoms. The number of thioether (sulfide) groups is 1. The molecule has 1 heterocycles. The van der Waals surface area contributed by atoms with Crippen molar-refractivity contribution < 1.29 is 19.4 Å². The van der Waals surface area contributed by atoms with Crippen molar-refractivity contribution in [2.24, 2.45) is 10.9 Å². The second kappa shape index (κ2) is 8.62. The van der Waals surface area contributed by atoms with E-state index in [9.17, 15) is 9.90 Å². The molecule has 1 aliphatic heterocycles. The third-order valence-corrected chi connectivity index (χ3v) is 6.13. The molecule has 1 aromatic carbocycles. The van der Waals surface area contributed by atoms with Gasteiger partial charge in [0.1, 0.15) is 5.03 Å². The molecule has 1 aliphatic carbocycles.